The Morgan fingerprint density at radius 3 is 1.46 bits per heavy atom. The number of carbonyl (C=O) groups excluding carboxylic acids is 1. The molecule has 0 spiro atoms. The van der Waals surface area contributed by atoms with E-state index in [4.69, 9.17) is 28.4 Å². The van der Waals surface area contributed by atoms with Crippen LogP contribution in [0.3, 0.4) is 0 Å². The van der Waals surface area contributed by atoms with Gasteiger partial charge in [-0.15, -0.1) is 0 Å². The number of aliphatic hydroxyl groups is 7. The van der Waals surface area contributed by atoms with E-state index in [1.807, 2.05) is 0 Å². The van der Waals surface area contributed by atoms with Crippen LogP contribution in [0.2, 0.25) is 0 Å². The van der Waals surface area contributed by atoms with Crippen molar-refractivity contribution in [2.45, 2.75) is 242 Å². The number of rotatable bonds is 42. The zero-order valence-electron chi connectivity index (χ0n) is 43.0. The lowest BCUT2D eigenvalue weighted by molar-refractivity contribution is -0.332. The molecule has 14 heteroatoms. The van der Waals surface area contributed by atoms with Crippen molar-refractivity contribution in [3.05, 3.63) is 72.9 Å². The van der Waals surface area contributed by atoms with Crippen molar-refractivity contribution in [1.29, 1.82) is 0 Å². The molecule has 14 nitrogen and oxygen atoms in total. The summed E-state index contributed by atoms with van der Waals surface area (Å²) >= 11 is 0. The fraction of sp³-hybridized carbons (Fsp3) is 0.768. The highest BCUT2D eigenvalue weighted by atomic mass is 16.7. The number of ether oxygens (including phenoxy) is 6. The quantitative estimate of drug-likeness (QED) is 0.0173. The molecule has 0 radical (unpaired) electrons. The van der Waals surface area contributed by atoms with Crippen molar-refractivity contribution in [2.24, 2.45) is 0 Å². The molecule has 2 fully saturated rings. The molecule has 0 amide bonds. The Bertz CT molecular complexity index is 1430. The molecule has 2 aliphatic rings. The first kappa shape index (κ1) is 63.5. The molecular formula is C56H96O14. The van der Waals surface area contributed by atoms with Crippen molar-refractivity contribution in [3.8, 4) is 0 Å². The summed E-state index contributed by atoms with van der Waals surface area (Å²) in [5.74, 6) is -0.396. The lowest BCUT2D eigenvalue weighted by Gasteiger charge is -2.42. The fourth-order valence-electron chi connectivity index (χ4n) is 8.07. The van der Waals surface area contributed by atoms with E-state index in [-0.39, 0.29) is 19.6 Å². The summed E-state index contributed by atoms with van der Waals surface area (Å²) in [4.78, 5) is 13.0. The van der Waals surface area contributed by atoms with Gasteiger partial charge in [0.05, 0.1) is 26.4 Å². The van der Waals surface area contributed by atoms with E-state index in [0.717, 1.165) is 103 Å². The molecule has 70 heavy (non-hydrogen) atoms. The highest BCUT2D eigenvalue weighted by Crippen LogP contribution is 2.26. The Morgan fingerprint density at radius 2 is 0.929 bits per heavy atom. The van der Waals surface area contributed by atoms with Crippen molar-refractivity contribution in [1.82, 2.24) is 0 Å². The van der Waals surface area contributed by atoms with Gasteiger partial charge in [0, 0.05) is 13.0 Å². The normalized spacial score (nSPS) is 26.1. The summed E-state index contributed by atoms with van der Waals surface area (Å²) in [7, 11) is 0. The maximum Gasteiger partial charge on any atom is 0.306 e. The first-order valence-corrected chi connectivity index (χ1v) is 27.0. The molecule has 2 saturated heterocycles. The molecule has 0 aromatic rings. The summed E-state index contributed by atoms with van der Waals surface area (Å²) in [6, 6.07) is 0. The van der Waals surface area contributed by atoms with E-state index >= 15 is 0 Å². The van der Waals surface area contributed by atoms with Gasteiger partial charge >= 0.3 is 5.97 Å². The lowest BCUT2D eigenvalue weighted by Crippen LogP contribution is -2.61. The number of carbonyl (C=O) groups is 1. The topological polar surface area (TPSA) is 214 Å². The van der Waals surface area contributed by atoms with E-state index in [9.17, 15) is 40.5 Å². The van der Waals surface area contributed by atoms with Gasteiger partial charge in [0.1, 0.15) is 54.9 Å². The van der Waals surface area contributed by atoms with Gasteiger partial charge in [-0.25, -0.2) is 0 Å². The van der Waals surface area contributed by atoms with Crippen LogP contribution in [0.5, 0.6) is 0 Å². The third kappa shape index (κ3) is 29.8. The number of aliphatic hydroxyl groups excluding tert-OH is 7. The van der Waals surface area contributed by atoms with Gasteiger partial charge in [0.25, 0.3) is 0 Å². The zero-order chi connectivity index (χ0) is 50.9. The SMILES string of the molecule is CC/C=C\C/C=C\C/C=C\C/C=C\CCCCCCCCCOCC(COC1OC(COC2OC(CO)C(O)C(O)C2O)C(O)C(O)C1O)OC(=O)CCCCCCC/C=C\C/C=C\CCCCCC. The maximum atomic E-state index is 13.0. The Balaban J connectivity index is 1.76. The van der Waals surface area contributed by atoms with Crippen LogP contribution in [0.25, 0.3) is 0 Å². The van der Waals surface area contributed by atoms with Gasteiger partial charge in [-0.1, -0.05) is 157 Å². The summed E-state index contributed by atoms with van der Waals surface area (Å²) in [6.45, 7) is 3.50. The van der Waals surface area contributed by atoms with Crippen LogP contribution in [0.4, 0.5) is 0 Å². The number of esters is 1. The first-order chi connectivity index (χ1) is 34.1. The standard InChI is InChI=1S/C56H96O14/c1-3-5-7-9-11-13-15-17-19-21-22-23-24-26-28-30-32-34-36-38-40-65-42-45(68-48(58)39-37-35-33-31-29-27-25-20-18-16-14-12-10-8-6-4-2)43-66-55-54(64)52(62)50(60)47(70-55)44-67-56-53(63)51(61)49(59)46(41-57)69-56/h5,7,11,13-14,16-17,19-20,22-23,25,45-47,49-57,59-64H,3-4,6,8-10,12,15,18,21,24,26-44H2,1-2H3/b7-5-,13-11-,16-14-,19-17-,23-22-,25-20-. The first-order valence-electron chi connectivity index (χ1n) is 27.0. The minimum Gasteiger partial charge on any atom is -0.457 e. The summed E-state index contributed by atoms with van der Waals surface area (Å²) in [5.41, 5.74) is 0. The number of hydrogen-bond donors (Lipinski definition) is 7. The molecule has 0 saturated carbocycles. The molecule has 0 aromatic carbocycles. The van der Waals surface area contributed by atoms with Gasteiger partial charge in [0.2, 0.25) is 0 Å². The monoisotopic (exact) mass is 993 g/mol. The Kier molecular flexibility index (Phi) is 38.9. The lowest BCUT2D eigenvalue weighted by atomic mass is 9.98. The minimum absolute atomic E-state index is 0.0446. The van der Waals surface area contributed by atoms with Crippen LogP contribution >= 0.6 is 0 Å². The maximum absolute atomic E-state index is 13.0. The average molecular weight is 993 g/mol. The van der Waals surface area contributed by atoms with Gasteiger partial charge in [0.15, 0.2) is 12.6 Å². The predicted octanol–water partition coefficient (Wildman–Crippen LogP) is 8.69. The molecular weight excluding hydrogens is 897 g/mol. The van der Waals surface area contributed by atoms with Crippen molar-refractivity contribution < 1.29 is 69.0 Å². The second-order valence-electron chi connectivity index (χ2n) is 18.7. The largest absolute Gasteiger partial charge is 0.457 e. The molecule has 2 aliphatic heterocycles. The van der Waals surface area contributed by atoms with Crippen molar-refractivity contribution in [2.75, 3.05) is 33.0 Å². The Labute approximate surface area is 421 Å². The molecule has 2 heterocycles. The molecule has 2 rings (SSSR count). The van der Waals surface area contributed by atoms with Crippen LogP contribution in [0, 0.1) is 0 Å². The van der Waals surface area contributed by atoms with Gasteiger partial charge in [-0.05, 0) is 83.5 Å². The van der Waals surface area contributed by atoms with Crippen molar-refractivity contribution in [3.63, 3.8) is 0 Å². The number of hydrogen-bond acceptors (Lipinski definition) is 14. The minimum atomic E-state index is -1.71. The van der Waals surface area contributed by atoms with E-state index in [1.165, 1.54) is 44.9 Å². The fourth-order valence-corrected chi connectivity index (χ4v) is 8.07. The molecule has 0 bridgehead atoms. The van der Waals surface area contributed by atoms with Crippen LogP contribution in [0.1, 0.15) is 174 Å². The van der Waals surface area contributed by atoms with E-state index < -0.39 is 86.7 Å². The smallest absolute Gasteiger partial charge is 0.306 e. The number of unbranched alkanes of at least 4 members (excludes halogenated alkanes) is 16. The molecule has 0 aliphatic carbocycles. The highest BCUT2D eigenvalue weighted by Gasteiger charge is 2.47. The van der Waals surface area contributed by atoms with Gasteiger partial charge in [-0.2, -0.15) is 0 Å². The summed E-state index contributed by atoms with van der Waals surface area (Å²) in [5, 5.41) is 72.2. The molecule has 11 atom stereocenters. The van der Waals surface area contributed by atoms with Crippen LogP contribution in [-0.4, -0.2) is 142 Å². The third-order valence-corrected chi connectivity index (χ3v) is 12.4. The molecule has 404 valence electrons. The predicted molar refractivity (Wildman–Crippen MR) is 275 cm³/mol. The Morgan fingerprint density at radius 1 is 0.486 bits per heavy atom. The Hall–Kier alpha value is -2.57. The van der Waals surface area contributed by atoms with Crippen LogP contribution < -0.4 is 0 Å². The van der Waals surface area contributed by atoms with Crippen molar-refractivity contribution >= 4 is 5.97 Å². The average Bonchev–Trinajstić information content (AvgIpc) is 3.36. The molecule has 0 aromatic heterocycles. The van der Waals surface area contributed by atoms with E-state index in [2.05, 4.69) is 86.8 Å². The molecule has 7 N–H and O–H groups in total. The highest BCUT2D eigenvalue weighted by molar-refractivity contribution is 5.69. The number of allylic oxidation sites excluding steroid dienone is 12. The second kappa shape index (κ2) is 42.9. The summed E-state index contributed by atoms with van der Waals surface area (Å²) in [6.07, 6.45) is 36.7. The molecule has 11 unspecified atom stereocenters. The van der Waals surface area contributed by atoms with Gasteiger partial charge in [-0.3, -0.25) is 4.79 Å². The van der Waals surface area contributed by atoms with E-state index in [0.29, 0.717) is 13.0 Å². The van der Waals surface area contributed by atoms with E-state index in [1.54, 1.807) is 0 Å². The zero-order valence-corrected chi connectivity index (χ0v) is 43.0. The summed E-state index contributed by atoms with van der Waals surface area (Å²) < 4.78 is 34.3. The third-order valence-electron chi connectivity index (χ3n) is 12.4. The van der Waals surface area contributed by atoms with Crippen LogP contribution in [-0.2, 0) is 33.2 Å². The van der Waals surface area contributed by atoms with Crippen LogP contribution in [0.15, 0.2) is 72.9 Å². The second-order valence-corrected chi connectivity index (χ2v) is 18.7. The van der Waals surface area contributed by atoms with Gasteiger partial charge < -0.3 is 64.2 Å².